The molecule has 0 bridgehead atoms. The fraction of sp³-hybridized carbons (Fsp3) is 0.214. The van der Waals surface area contributed by atoms with Gasteiger partial charge >= 0.3 is 5.69 Å². The van der Waals surface area contributed by atoms with Crippen LogP contribution in [0.4, 0.5) is 13.2 Å². The third-order valence-electron chi connectivity index (χ3n) is 6.59. The monoisotopic (exact) mass is 627 g/mol. The number of aromatic nitrogens is 6. The Morgan fingerprint density at radius 2 is 1.76 bits per heavy atom. The van der Waals surface area contributed by atoms with Crippen molar-refractivity contribution in [2.75, 3.05) is 13.6 Å². The minimum atomic E-state index is -1.74. The lowest BCUT2D eigenvalue weighted by Crippen LogP contribution is -2.43. The number of aliphatic hydroxyl groups is 1. The number of likely N-dealkylation sites (N-methyl/N-ethyl adjacent to an activating group) is 1. The molecule has 41 heavy (non-hydrogen) atoms. The van der Waals surface area contributed by atoms with Gasteiger partial charge in [0.1, 0.15) is 42.0 Å². The Bertz CT molecular complexity index is 1710. The van der Waals surface area contributed by atoms with E-state index in [4.69, 9.17) is 0 Å². The first-order valence-corrected chi connectivity index (χ1v) is 13.3. The molecule has 212 valence electrons. The number of halogens is 4. The first-order chi connectivity index (χ1) is 19.6. The maximum absolute atomic E-state index is 14.7. The van der Waals surface area contributed by atoms with E-state index >= 15 is 0 Å². The molecule has 2 aromatic heterocycles. The second-order valence-electron chi connectivity index (χ2n) is 9.76. The molecule has 3 aromatic carbocycles. The lowest BCUT2D eigenvalue weighted by atomic mass is 9.92. The Hall–Kier alpha value is -4.07. The predicted octanol–water partition coefficient (Wildman–Crippen LogP) is 3.87. The normalized spacial score (nSPS) is 13.0. The summed E-state index contributed by atoms with van der Waals surface area (Å²) in [7, 11) is 1.76. The van der Waals surface area contributed by atoms with Crippen molar-refractivity contribution in [1.82, 2.24) is 34.0 Å². The van der Waals surface area contributed by atoms with Crippen molar-refractivity contribution in [3.8, 4) is 5.69 Å². The highest BCUT2D eigenvalue weighted by molar-refractivity contribution is 9.10. The van der Waals surface area contributed by atoms with Gasteiger partial charge in [0.05, 0.1) is 18.8 Å². The van der Waals surface area contributed by atoms with Gasteiger partial charge in [-0.25, -0.2) is 36.9 Å². The standard InChI is InChI=1S/C28H25BrF3N7O2/c1-36(14-28(41,15-37-17-33-16-34-37)24-9-6-22(30)11-26(24)32)12-19-2-7-23(8-3-19)38-18-35-39(27(38)40)13-20-4-5-21(29)10-25(20)31/h2-11,16-18,41H,12-15H2,1H3. The highest BCUT2D eigenvalue weighted by Crippen LogP contribution is 2.28. The van der Waals surface area contributed by atoms with Crippen molar-refractivity contribution in [2.45, 2.75) is 25.2 Å². The van der Waals surface area contributed by atoms with Crippen LogP contribution in [0.3, 0.4) is 0 Å². The van der Waals surface area contributed by atoms with E-state index in [1.165, 1.54) is 45.0 Å². The van der Waals surface area contributed by atoms with Crippen LogP contribution in [0, 0.1) is 17.5 Å². The molecule has 0 saturated carbocycles. The van der Waals surface area contributed by atoms with Crippen LogP contribution >= 0.6 is 15.9 Å². The molecule has 0 spiro atoms. The molecule has 0 radical (unpaired) electrons. The summed E-state index contributed by atoms with van der Waals surface area (Å²) in [6.45, 7) is 0.256. The Morgan fingerprint density at radius 1 is 0.976 bits per heavy atom. The molecular formula is C28H25BrF3N7O2. The average Bonchev–Trinajstić information content (AvgIpc) is 3.55. The van der Waals surface area contributed by atoms with Crippen LogP contribution in [-0.2, 0) is 25.2 Å². The molecule has 0 fully saturated rings. The first kappa shape index (κ1) is 28.5. The first-order valence-electron chi connectivity index (χ1n) is 12.5. The Labute approximate surface area is 241 Å². The van der Waals surface area contributed by atoms with Crippen LogP contribution in [0.5, 0.6) is 0 Å². The van der Waals surface area contributed by atoms with Gasteiger partial charge in [-0.2, -0.15) is 10.2 Å². The smallest absolute Gasteiger partial charge is 0.350 e. The molecule has 0 aliphatic rings. The van der Waals surface area contributed by atoms with E-state index in [2.05, 4.69) is 31.1 Å². The maximum Gasteiger partial charge on any atom is 0.350 e. The van der Waals surface area contributed by atoms with Crippen LogP contribution in [0.1, 0.15) is 16.7 Å². The molecule has 0 saturated heterocycles. The zero-order chi connectivity index (χ0) is 29.1. The summed E-state index contributed by atoms with van der Waals surface area (Å²) >= 11 is 3.22. The van der Waals surface area contributed by atoms with E-state index in [0.29, 0.717) is 22.3 Å². The van der Waals surface area contributed by atoms with Gasteiger partial charge in [-0.05, 0) is 42.9 Å². The molecule has 0 aliphatic heterocycles. The summed E-state index contributed by atoms with van der Waals surface area (Å²) in [5, 5.41) is 19.7. The number of nitrogens with zero attached hydrogens (tertiary/aromatic N) is 7. The van der Waals surface area contributed by atoms with E-state index in [9.17, 15) is 23.1 Å². The number of hydrogen-bond acceptors (Lipinski definition) is 6. The second kappa shape index (κ2) is 11.8. The van der Waals surface area contributed by atoms with E-state index < -0.39 is 28.7 Å². The van der Waals surface area contributed by atoms with Crippen molar-refractivity contribution in [1.29, 1.82) is 0 Å². The zero-order valence-electron chi connectivity index (χ0n) is 21.8. The van der Waals surface area contributed by atoms with Crippen LogP contribution < -0.4 is 5.69 Å². The van der Waals surface area contributed by atoms with Gasteiger partial charge in [-0.15, -0.1) is 0 Å². The number of benzene rings is 3. The van der Waals surface area contributed by atoms with Crippen molar-refractivity contribution in [2.24, 2.45) is 0 Å². The summed E-state index contributed by atoms with van der Waals surface area (Å²) in [5.41, 5.74) is -0.455. The average molecular weight is 628 g/mol. The molecule has 5 aromatic rings. The minimum Gasteiger partial charge on any atom is -0.382 e. The largest absolute Gasteiger partial charge is 0.382 e. The lowest BCUT2D eigenvalue weighted by molar-refractivity contribution is -0.0175. The Kier molecular flexibility index (Phi) is 8.20. The van der Waals surface area contributed by atoms with Crippen molar-refractivity contribution in [3.05, 3.63) is 129 Å². The summed E-state index contributed by atoms with van der Waals surface area (Å²) in [6.07, 6.45) is 4.09. The van der Waals surface area contributed by atoms with Gasteiger partial charge in [-0.3, -0.25) is 4.90 Å². The van der Waals surface area contributed by atoms with E-state index in [1.54, 1.807) is 36.2 Å². The fourth-order valence-corrected chi connectivity index (χ4v) is 5.01. The maximum atomic E-state index is 14.7. The Morgan fingerprint density at radius 3 is 2.44 bits per heavy atom. The molecule has 2 heterocycles. The van der Waals surface area contributed by atoms with Crippen molar-refractivity contribution >= 4 is 15.9 Å². The van der Waals surface area contributed by atoms with Gasteiger partial charge in [0.2, 0.25) is 0 Å². The fourth-order valence-electron chi connectivity index (χ4n) is 4.68. The SMILES string of the molecule is CN(Cc1ccc(-n2cnn(Cc3ccc(Br)cc3F)c2=O)cc1)CC(O)(Cn1cncn1)c1ccc(F)cc1F. The van der Waals surface area contributed by atoms with Crippen molar-refractivity contribution < 1.29 is 18.3 Å². The summed E-state index contributed by atoms with van der Waals surface area (Å²) in [5.74, 6) is -2.04. The minimum absolute atomic E-state index is 0.00396. The van der Waals surface area contributed by atoms with E-state index in [0.717, 1.165) is 17.7 Å². The van der Waals surface area contributed by atoms with E-state index in [-0.39, 0.29) is 25.2 Å². The highest BCUT2D eigenvalue weighted by atomic mass is 79.9. The summed E-state index contributed by atoms with van der Waals surface area (Å²) in [6, 6.07) is 14.8. The highest BCUT2D eigenvalue weighted by Gasteiger charge is 2.35. The topological polar surface area (TPSA) is 94.0 Å². The van der Waals surface area contributed by atoms with Crippen molar-refractivity contribution in [3.63, 3.8) is 0 Å². The van der Waals surface area contributed by atoms with Crippen LogP contribution in [0.25, 0.3) is 5.69 Å². The van der Waals surface area contributed by atoms with Gasteiger partial charge in [0, 0.05) is 34.8 Å². The zero-order valence-corrected chi connectivity index (χ0v) is 23.4. The molecule has 0 amide bonds. The Balaban J connectivity index is 1.30. The number of hydrogen-bond donors (Lipinski definition) is 1. The third kappa shape index (κ3) is 6.47. The quantitative estimate of drug-likeness (QED) is 0.253. The molecule has 9 nitrogen and oxygen atoms in total. The van der Waals surface area contributed by atoms with Crippen LogP contribution in [0.2, 0.25) is 0 Å². The van der Waals surface area contributed by atoms with Gasteiger partial charge in [0.15, 0.2) is 0 Å². The van der Waals surface area contributed by atoms with Gasteiger partial charge in [0.25, 0.3) is 0 Å². The summed E-state index contributed by atoms with van der Waals surface area (Å²) in [4.78, 5) is 18.6. The van der Waals surface area contributed by atoms with Gasteiger partial charge in [-0.1, -0.05) is 40.2 Å². The molecule has 1 unspecified atom stereocenters. The second-order valence-corrected chi connectivity index (χ2v) is 10.7. The lowest BCUT2D eigenvalue weighted by Gasteiger charge is -2.33. The predicted molar refractivity (Wildman–Crippen MR) is 148 cm³/mol. The van der Waals surface area contributed by atoms with E-state index in [1.807, 2.05) is 12.1 Å². The molecule has 0 aliphatic carbocycles. The van der Waals surface area contributed by atoms with Gasteiger partial charge < -0.3 is 5.11 Å². The molecular weight excluding hydrogens is 603 g/mol. The third-order valence-corrected chi connectivity index (χ3v) is 7.08. The molecule has 1 atom stereocenters. The van der Waals surface area contributed by atoms with Crippen LogP contribution in [0.15, 0.2) is 88.9 Å². The molecule has 13 heteroatoms. The number of rotatable bonds is 10. The molecule has 5 rings (SSSR count). The molecule has 1 N–H and O–H groups in total. The summed E-state index contributed by atoms with van der Waals surface area (Å²) < 4.78 is 47.1. The van der Waals surface area contributed by atoms with Crippen LogP contribution in [-0.4, -0.2) is 52.7 Å².